The molecule has 1 aliphatic rings. The third-order valence-electron chi connectivity index (χ3n) is 5.65. The van der Waals surface area contributed by atoms with Crippen molar-refractivity contribution in [1.82, 2.24) is 20.5 Å². The Kier molecular flexibility index (Phi) is 6.93. The fourth-order valence-corrected chi connectivity index (χ4v) is 4.05. The lowest BCUT2D eigenvalue weighted by molar-refractivity contribution is 0.198. The number of aliphatic imine (C=N–C) groups is 1. The quantitative estimate of drug-likeness (QED) is 0.485. The number of pyridine rings is 1. The number of hydrogen-bond acceptors (Lipinski definition) is 3. The molecule has 2 N–H and O–H groups in total. The summed E-state index contributed by atoms with van der Waals surface area (Å²) in [5.41, 5.74) is 3.58. The van der Waals surface area contributed by atoms with Crippen LogP contribution in [0.2, 0.25) is 0 Å². The van der Waals surface area contributed by atoms with Crippen LogP contribution in [0.4, 0.5) is 0 Å². The minimum atomic E-state index is 0.459. The summed E-state index contributed by atoms with van der Waals surface area (Å²) in [5, 5.41) is 8.22. The van der Waals surface area contributed by atoms with Crippen LogP contribution in [-0.4, -0.2) is 41.5 Å². The summed E-state index contributed by atoms with van der Waals surface area (Å²) in [4.78, 5) is 11.9. The van der Waals surface area contributed by atoms with Crippen molar-refractivity contribution in [1.29, 1.82) is 0 Å². The van der Waals surface area contributed by atoms with Gasteiger partial charge >= 0.3 is 0 Å². The highest BCUT2D eigenvalue weighted by Gasteiger charge is 2.20. The second-order valence-electron chi connectivity index (χ2n) is 7.87. The van der Waals surface area contributed by atoms with Crippen molar-refractivity contribution < 1.29 is 0 Å². The molecule has 4 rings (SSSR count). The van der Waals surface area contributed by atoms with E-state index < -0.39 is 0 Å². The second kappa shape index (κ2) is 10.2. The number of guanidine groups is 1. The number of likely N-dealkylation sites (tertiary alicyclic amines) is 1. The summed E-state index contributed by atoms with van der Waals surface area (Å²) < 4.78 is 0. The molecule has 0 unspecified atom stereocenters. The van der Waals surface area contributed by atoms with E-state index in [4.69, 9.17) is 4.99 Å². The van der Waals surface area contributed by atoms with Crippen molar-refractivity contribution in [3.8, 4) is 0 Å². The first-order valence-corrected chi connectivity index (χ1v) is 11.0. The lowest BCUT2D eigenvalue weighted by Gasteiger charge is -2.33. The number of para-hydroxylation sites is 1. The zero-order valence-corrected chi connectivity index (χ0v) is 17.7. The van der Waals surface area contributed by atoms with Crippen LogP contribution in [0.15, 0.2) is 71.9 Å². The van der Waals surface area contributed by atoms with E-state index in [1.807, 2.05) is 12.3 Å². The molecule has 0 radical (unpaired) electrons. The Morgan fingerprint density at radius 3 is 2.63 bits per heavy atom. The molecular formula is C25H31N5. The van der Waals surface area contributed by atoms with Gasteiger partial charge in [-0.05, 0) is 37.0 Å². The van der Waals surface area contributed by atoms with Crippen LogP contribution in [0, 0.1) is 0 Å². The van der Waals surface area contributed by atoms with Gasteiger partial charge in [-0.2, -0.15) is 0 Å². The number of aromatic nitrogens is 1. The van der Waals surface area contributed by atoms with Gasteiger partial charge in [0.15, 0.2) is 5.96 Å². The van der Waals surface area contributed by atoms with E-state index in [2.05, 4.69) is 82.0 Å². The molecule has 2 heterocycles. The molecule has 3 aromatic rings. The minimum absolute atomic E-state index is 0.459. The van der Waals surface area contributed by atoms with E-state index in [-0.39, 0.29) is 0 Å². The molecule has 156 valence electrons. The Morgan fingerprint density at radius 1 is 1.03 bits per heavy atom. The maximum Gasteiger partial charge on any atom is 0.191 e. The number of rotatable bonds is 6. The number of nitrogens with one attached hydrogen (secondary N) is 2. The topological polar surface area (TPSA) is 52.6 Å². The lowest BCUT2D eigenvalue weighted by atomic mass is 10.0. The molecular weight excluding hydrogens is 370 g/mol. The molecule has 1 saturated heterocycles. The Labute approximate surface area is 179 Å². The minimum Gasteiger partial charge on any atom is -0.357 e. The SMILES string of the molecule is CCNC(=NCc1cccc2cccnc12)NC1CCN(Cc2ccccc2)CC1. The van der Waals surface area contributed by atoms with Crippen LogP contribution < -0.4 is 10.6 Å². The average Bonchev–Trinajstić information content (AvgIpc) is 2.79. The molecule has 0 bridgehead atoms. The molecule has 1 aliphatic heterocycles. The number of piperidine rings is 1. The van der Waals surface area contributed by atoms with Crippen molar-refractivity contribution in [3.05, 3.63) is 78.0 Å². The standard InChI is InChI=1S/C25H31N5/c1-2-26-25(28-18-22-11-6-10-21-12-7-15-27-24(21)22)29-23-13-16-30(17-14-23)19-20-8-4-3-5-9-20/h3-12,15,23H,2,13-14,16-19H2,1H3,(H2,26,28,29). The highest BCUT2D eigenvalue weighted by Crippen LogP contribution is 2.17. The van der Waals surface area contributed by atoms with E-state index in [9.17, 15) is 0 Å². The first-order valence-electron chi connectivity index (χ1n) is 11.0. The maximum atomic E-state index is 4.86. The molecule has 30 heavy (non-hydrogen) atoms. The third-order valence-corrected chi connectivity index (χ3v) is 5.65. The summed E-state index contributed by atoms with van der Waals surface area (Å²) in [6.45, 7) is 6.84. The van der Waals surface area contributed by atoms with Gasteiger partial charge in [-0.15, -0.1) is 0 Å². The summed E-state index contributed by atoms with van der Waals surface area (Å²) in [7, 11) is 0. The van der Waals surface area contributed by atoms with Crippen LogP contribution in [-0.2, 0) is 13.1 Å². The normalized spacial score (nSPS) is 16.0. The van der Waals surface area contributed by atoms with E-state index >= 15 is 0 Å². The summed E-state index contributed by atoms with van der Waals surface area (Å²) in [6.07, 6.45) is 4.11. The first-order chi connectivity index (χ1) is 14.8. The van der Waals surface area contributed by atoms with Gasteiger partial charge in [0, 0.05) is 43.8 Å². The highest BCUT2D eigenvalue weighted by atomic mass is 15.2. The molecule has 0 atom stereocenters. The third kappa shape index (κ3) is 5.36. The van der Waals surface area contributed by atoms with Gasteiger partial charge in [0.05, 0.1) is 12.1 Å². The van der Waals surface area contributed by atoms with Crippen LogP contribution >= 0.6 is 0 Å². The lowest BCUT2D eigenvalue weighted by Crippen LogP contribution is -2.48. The first kappa shape index (κ1) is 20.4. The van der Waals surface area contributed by atoms with Crippen LogP contribution in [0.5, 0.6) is 0 Å². The Bertz CT molecular complexity index is 956. The zero-order chi connectivity index (χ0) is 20.6. The van der Waals surface area contributed by atoms with Gasteiger partial charge in [0.1, 0.15) is 0 Å². The fourth-order valence-electron chi connectivity index (χ4n) is 4.05. The monoisotopic (exact) mass is 401 g/mol. The van der Waals surface area contributed by atoms with Gasteiger partial charge in [0.2, 0.25) is 0 Å². The molecule has 0 aliphatic carbocycles. The predicted octanol–water partition coefficient (Wildman–Crippen LogP) is 3.95. The van der Waals surface area contributed by atoms with Gasteiger partial charge in [-0.3, -0.25) is 9.88 Å². The van der Waals surface area contributed by atoms with Gasteiger partial charge in [0.25, 0.3) is 0 Å². The van der Waals surface area contributed by atoms with Gasteiger partial charge in [-0.1, -0.05) is 54.6 Å². The molecule has 5 nitrogen and oxygen atoms in total. The van der Waals surface area contributed by atoms with E-state index in [0.717, 1.165) is 61.4 Å². The molecule has 2 aromatic carbocycles. The van der Waals surface area contributed by atoms with Crippen molar-refractivity contribution in [2.24, 2.45) is 4.99 Å². The van der Waals surface area contributed by atoms with E-state index in [0.29, 0.717) is 12.6 Å². The van der Waals surface area contributed by atoms with E-state index in [1.54, 1.807) is 0 Å². The summed E-state index contributed by atoms with van der Waals surface area (Å²) in [6, 6.07) is 21.6. The Balaban J connectivity index is 1.34. The molecule has 0 spiro atoms. The smallest absolute Gasteiger partial charge is 0.191 e. The largest absolute Gasteiger partial charge is 0.357 e. The highest BCUT2D eigenvalue weighted by molar-refractivity contribution is 5.83. The van der Waals surface area contributed by atoms with Crippen molar-refractivity contribution in [2.45, 2.75) is 38.9 Å². The van der Waals surface area contributed by atoms with Gasteiger partial charge < -0.3 is 10.6 Å². The number of hydrogen-bond donors (Lipinski definition) is 2. The second-order valence-corrected chi connectivity index (χ2v) is 7.87. The summed E-state index contributed by atoms with van der Waals surface area (Å²) in [5.74, 6) is 0.895. The zero-order valence-electron chi connectivity index (χ0n) is 17.7. The van der Waals surface area contributed by atoms with Crippen LogP contribution in [0.3, 0.4) is 0 Å². The molecule has 0 saturated carbocycles. The van der Waals surface area contributed by atoms with Gasteiger partial charge in [-0.25, -0.2) is 4.99 Å². The fraction of sp³-hybridized carbons (Fsp3) is 0.360. The molecule has 0 amide bonds. The molecule has 5 heteroatoms. The van der Waals surface area contributed by atoms with E-state index in [1.165, 1.54) is 5.56 Å². The predicted molar refractivity (Wildman–Crippen MR) is 124 cm³/mol. The van der Waals surface area contributed by atoms with Crippen LogP contribution in [0.25, 0.3) is 10.9 Å². The summed E-state index contributed by atoms with van der Waals surface area (Å²) >= 11 is 0. The molecule has 1 aromatic heterocycles. The Morgan fingerprint density at radius 2 is 1.83 bits per heavy atom. The Hall–Kier alpha value is -2.92. The van der Waals surface area contributed by atoms with Crippen molar-refractivity contribution >= 4 is 16.9 Å². The number of fused-ring (bicyclic) bond motifs is 1. The van der Waals surface area contributed by atoms with Crippen molar-refractivity contribution in [3.63, 3.8) is 0 Å². The number of nitrogens with zero attached hydrogens (tertiary/aromatic N) is 3. The molecule has 1 fully saturated rings. The maximum absolute atomic E-state index is 4.86. The average molecular weight is 402 g/mol. The van der Waals surface area contributed by atoms with Crippen LogP contribution in [0.1, 0.15) is 30.9 Å². The van der Waals surface area contributed by atoms with Crippen molar-refractivity contribution in [2.75, 3.05) is 19.6 Å². The number of benzene rings is 2.